The molecule has 2 aromatic carbocycles. The van der Waals surface area contributed by atoms with Crippen LogP contribution >= 0.6 is 23.2 Å². The Labute approximate surface area is 124 Å². The van der Waals surface area contributed by atoms with Crippen molar-refractivity contribution < 1.29 is 14.7 Å². The molecule has 0 radical (unpaired) electrons. The maximum atomic E-state index is 12.0. The van der Waals surface area contributed by atoms with Crippen LogP contribution in [-0.2, 0) is 0 Å². The highest BCUT2D eigenvalue weighted by molar-refractivity contribution is 6.35. The van der Waals surface area contributed by atoms with E-state index in [0.717, 1.165) is 0 Å². The third-order valence-corrected chi connectivity index (χ3v) is 2.93. The lowest BCUT2D eigenvalue weighted by molar-refractivity contribution is 0.0697. The second-order valence-corrected chi connectivity index (χ2v) is 4.87. The van der Waals surface area contributed by atoms with Crippen LogP contribution in [0.3, 0.4) is 0 Å². The van der Waals surface area contributed by atoms with Gasteiger partial charge in [0, 0.05) is 21.3 Å². The Balaban J connectivity index is 2.23. The lowest BCUT2D eigenvalue weighted by Gasteiger charge is -2.07. The van der Waals surface area contributed by atoms with Crippen molar-refractivity contribution in [3.05, 3.63) is 63.6 Å². The smallest absolute Gasteiger partial charge is 0.335 e. The highest BCUT2D eigenvalue weighted by atomic mass is 35.5. The zero-order valence-corrected chi connectivity index (χ0v) is 11.6. The van der Waals surface area contributed by atoms with Gasteiger partial charge in [-0.1, -0.05) is 29.3 Å². The molecule has 102 valence electrons. The van der Waals surface area contributed by atoms with Crippen LogP contribution in [0.1, 0.15) is 20.7 Å². The lowest BCUT2D eigenvalue weighted by atomic mass is 10.1. The average molecular weight is 310 g/mol. The van der Waals surface area contributed by atoms with Gasteiger partial charge in [-0.3, -0.25) is 4.79 Å². The molecule has 0 fully saturated rings. The van der Waals surface area contributed by atoms with Gasteiger partial charge in [-0.2, -0.15) is 0 Å². The number of benzene rings is 2. The minimum atomic E-state index is -1.09. The van der Waals surface area contributed by atoms with E-state index in [1.54, 1.807) is 18.2 Å². The standard InChI is InChI=1S/C14H9Cl2NO3/c15-10-5-11(16)7-12(6-10)17-13(18)8-2-1-3-9(4-8)14(19)20/h1-7H,(H,17,18)(H,19,20). The molecule has 0 saturated carbocycles. The van der Waals surface area contributed by atoms with Crippen LogP contribution < -0.4 is 5.32 Å². The lowest BCUT2D eigenvalue weighted by Crippen LogP contribution is -2.12. The van der Waals surface area contributed by atoms with Gasteiger partial charge < -0.3 is 10.4 Å². The molecule has 6 heteroatoms. The van der Waals surface area contributed by atoms with E-state index in [4.69, 9.17) is 28.3 Å². The first kappa shape index (κ1) is 14.4. The average Bonchev–Trinajstić information content (AvgIpc) is 2.37. The first-order valence-electron chi connectivity index (χ1n) is 5.56. The van der Waals surface area contributed by atoms with Crippen LogP contribution in [0, 0.1) is 0 Å². The van der Waals surface area contributed by atoms with Crippen LogP contribution in [0.4, 0.5) is 5.69 Å². The van der Waals surface area contributed by atoms with Crippen molar-refractivity contribution in [3.8, 4) is 0 Å². The maximum Gasteiger partial charge on any atom is 0.335 e. The van der Waals surface area contributed by atoms with Gasteiger partial charge in [0.05, 0.1) is 5.56 Å². The monoisotopic (exact) mass is 309 g/mol. The third kappa shape index (κ3) is 3.50. The van der Waals surface area contributed by atoms with Gasteiger partial charge in [-0.15, -0.1) is 0 Å². The zero-order valence-electron chi connectivity index (χ0n) is 10.1. The molecule has 0 aromatic heterocycles. The number of carboxylic acids is 1. The van der Waals surface area contributed by atoms with Crippen LogP contribution in [0.25, 0.3) is 0 Å². The number of amides is 1. The number of halogens is 2. The second kappa shape index (κ2) is 5.94. The molecule has 0 aliphatic carbocycles. The molecule has 2 rings (SSSR count). The first-order chi connectivity index (χ1) is 9.45. The highest BCUT2D eigenvalue weighted by Gasteiger charge is 2.10. The van der Waals surface area contributed by atoms with E-state index in [9.17, 15) is 9.59 Å². The number of aromatic carboxylic acids is 1. The van der Waals surface area contributed by atoms with E-state index in [-0.39, 0.29) is 11.1 Å². The van der Waals surface area contributed by atoms with E-state index >= 15 is 0 Å². The molecule has 1 amide bonds. The Kier molecular flexibility index (Phi) is 4.27. The van der Waals surface area contributed by atoms with Crippen LogP contribution in [0.15, 0.2) is 42.5 Å². The Morgan fingerprint density at radius 3 is 2.15 bits per heavy atom. The van der Waals surface area contributed by atoms with E-state index < -0.39 is 11.9 Å². The molecule has 2 N–H and O–H groups in total. The van der Waals surface area contributed by atoms with E-state index in [2.05, 4.69) is 5.32 Å². The summed E-state index contributed by atoms with van der Waals surface area (Å²) in [5.41, 5.74) is 0.719. The van der Waals surface area contributed by atoms with Gasteiger partial charge >= 0.3 is 5.97 Å². The largest absolute Gasteiger partial charge is 0.478 e. The topological polar surface area (TPSA) is 66.4 Å². The number of hydrogen-bond donors (Lipinski definition) is 2. The summed E-state index contributed by atoms with van der Waals surface area (Å²) in [5, 5.41) is 12.3. The van der Waals surface area contributed by atoms with Crippen molar-refractivity contribution in [2.24, 2.45) is 0 Å². The minimum absolute atomic E-state index is 0.0433. The molecule has 0 spiro atoms. The summed E-state index contributed by atoms with van der Waals surface area (Å²) in [4.78, 5) is 22.9. The normalized spacial score (nSPS) is 10.1. The predicted octanol–water partition coefficient (Wildman–Crippen LogP) is 3.94. The third-order valence-electron chi connectivity index (χ3n) is 2.49. The molecule has 0 bridgehead atoms. The van der Waals surface area contributed by atoms with Crippen molar-refractivity contribution >= 4 is 40.8 Å². The van der Waals surface area contributed by atoms with Gasteiger partial charge in [-0.05, 0) is 36.4 Å². The number of hydrogen-bond acceptors (Lipinski definition) is 2. The molecule has 0 aliphatic heterocycles. The minimum Gasteiger partial charge on any atom is -0.478 e. The van der Waals surface area contributed by atoms with Crippen molar-refractivity contribution in [1.29, 1.82) is 0 Å². The van der Waals surface area contributed by atoms with Crippen molar-refractivity contribution in [2.75, 3.05) is 5.32 Å². The molecule has 4 nitrogen and oxygen atoms in total. The number of carbonyl (C=O) groups excluding carboxylic acids is 1. The highest BCUT2D eigenvalue weighted by Crippen LogP contribution is 2.23. The van der Waals surface area contributed by atoms with Crippen molar-refractivity contribution in [1.82, 2.24) is 0 Å². The molecule has 0 saturated heterocycles. The summed E-state index contributed by atoms with van der Waals surface area (Å²) in [6, 6.07) is 10.4. The number of carbonyl (C=O) groups is 2. The van der Waals surface area contributed by atoms with E-state index in [0.29, 0.717) is 15.7 Å². The quantitative estimate of drug-likeness (QED) is 0.902. The van der Waals surface area contributed by atoms with Crippen LogP contribution in [0.5, 0.6) is 0 Å². The van der Waals surface area contributed by atoms with Gasteiger partial charge in [0.25, 0.3) is 5.91 Å². The fourth-order valence-corrected chi connectivity index (χ4v) is 2.15. The molecule has 0 heterocycles. The second-order valence-electron chi connectivity index (χ2n) is 4.00. The summed E-state index contributed by atoms with van der Waals surface area (Å²) < 4.78 is 0. The van der Waals surface area contributed by atoms with Gasteiger partial charge in [0.2, 0.25) is 0 Å². The Bertz CT molecular complexity index is 666. The Morgan fingerprint density at radius 2 is 1.55 bits per heavy atom. The zero-order chi connectivity index (χ0) is 14.7. The summed E-state index contributed by atoms with van der Waals surface area (Å²) in [6.45, 7) is 0. The first-order valence-corrected chi connectivity index (χ1v) is 6.32. The fraction of sp³-hybridized carbons (Fsp3) is 0. The molecule has 2 aromatic rings. The molecular weight excluding hydrogens is 301 g/mol. The number of anilines is 1. The molecule has 0 aliphatic rings. The summed E-state index contributed by atoms with van der Waals surface area (Å²) in [6.07, 6.45) is 0. The van der Waals surface area contributed by atoms with Gasteiger partial charge in [0.1, 0.15) is 0 Å². The van der Waals surface area contributed by atoms with Gasteiger partial charge in [0.15, 0.2) is 0 Å². The van der Waals surface area contributed by atoms with Crippen molar-refractivity contribution in [2.45, 2.75) is 0 Å². The van der Waals surface area contributed by atoms with E-state index in [1.165, 1.54) is 24.3 Å². The molecule has 0 unspecified atom stereocenters. The number of carboxylic acid groups (broad SMARTS) is 1. The maximum absolute atomic E-state index is 12.0. The number of nitrogens with one attached hydrogen (secondary N) is 1. The SMILES string of the molecule is O=C(O)c1cccc(C(=O)Nc2cc(Cl)cc(Cl)c2)c1. The molecule has 0 atom stereocenters. The number of rotatable bonds is 3. The van der Waals surface area contributed by atoms with Gasteiger partial charge in [-0.25, -0.2) is 4.79 Å². The molecule has 20 heavy (non-hydrogen) atoms. The summed E-state index contributed by atoms with van der Waals surface area (Å²) in [7, 11) is 0. The molecular formula is C14H9Cl2NO3. The summed E-state index contributed by atoms with van der Waals surface area (Å²) >= 11 is 11.7. The van der Waals surface area contributed by atoms with Crippen molar-refractivity contribution in [3.63, 3.8) is 0 Å². The Morgan fingerprint density at radius 1 is 0.950 bits per heavy atom. The summed E-state index contributed by atoms with van der Waals surface area (Å²) in [5.74, 6) is -1.53. The fourth-order valence-electron chi connectivity index (χ4n) is 1.62. The van der Waals surface area contributed by atoms with Crippen LogP contribution in [-0.4, -0.2) is 17.0 Å². The predicted molar refractivity (Wildman–Crippen MR) is 77.8 cm³/mol. The Hall–Kier alpha value is -2.04. The van der Waals surface area contributed by atoms with Crippen LogP contribution in [0.2, 0.25) is 10.0 Å². The van der Waals surface area contributed by atoms with E-state index in [1.807, 2.05) is 0 Å².